The predicted molar refractivity (Wildman–Crippen MR) is 81.1 cm³/mol. The Bertz CT molecular complexity index is 479. The Labute approximate surface area is 135 Å². The van der Waals surface area contributed by atoms with E-state index in [-0.39, 0.29) is 13.2 Å². The lowest BCUT2D eigenvalue weighted by Gasteiger charge is -2.41. The van der Waals surface area contributed by atoms with Crippen LogP contribution in [-0.2, 0) is 25.6 Å². The normalized spacial score (nSPS) is 31.1. The SMILES string of the molecule is COCC1OC(OC)C(OCc2ccccc2OC)C(O)C1O. The first-order chi connectivity index (χ1) is 11.1. The zero-order chi connectivity index (χ0) is 16.8. The molecule has 2 N–H and O–H groups in total. The molecule has 1 aromatic carbocycles. The molecule has 2 rings (SSSR count). The van der Waals surface area contributed by atoms with Crippen LogP contribution in [0.25, 0.3) is 0 Å². The maximum absolute atomic E-state index is 10.3. The smallest absolute Gasteiger partial charge is 0.186 e. The van der Waals surface area contributed by atoms with Gasteiger partial charge in [-0.2, -0.15) is 0 Å². The van der Waals surface area contributed by atoms with E-state index < -0.39 is 30.7 Å². The van der Waals surface area contributed by atoms with Crippen molar-refractivity contribution in [1.82, 2.24) is 0 Å². The maximum atomic E-state index is 10.3. The van der Waals surface area contributed by atoms with Crippen molar-refractivity contribution in [3.05, 3.63) is 29.8 Å². The van der Waals surface area contributed by atoms with Crippen LogP contribution in [0.2, 0.25) is 0 Å². The van der Waals surface area contributed by atoms with E-state index in [1.54, 1.807) is 7.11 Å². The summed E-state index contributed by atoms with van der Waals surface area (Å²) in [7, 11) is 4.53. The molecular formula is C16H24O7. The van der Waals surface area contributed by atoms with E-state index in [0.717, 1.165) is 5.56 Å². The molecule has 0 spiro atoms. The topological polar surface area (TPSA) is 86.6 Å². The Morgan fingerprint density at radius 3 is 2.48 bits per heavy atom. The van der Waals surface area contributed by atoms with Crippen LogP contribution in [0.3, 0.4) is 0 Å². The van der Waals surface area contributed by atoms with Gasteiger partial charge in [-0.05, 0) is 6.07 Å². The number of methoxy groups -OCH3 is 3. The summed E-state index contributed by atoms with van der Waals surface area (Å²) >= 11 is 0. The number of ether oxygens (including phenoxy) is 5. The standard InChI is InChI=1S/C16H24O7/c1-19-9-12-13(17)14(18)15(16(21-3)23-12)22-8-10-6-4-5-7-11(10)20-2/h4-7,12-18H,8-9H2,1-3H3. The van der Waals surface area contributed by atoms with E-state index in [1.807, 2.05) is 24.3 Å². The number of aliphatic hydroxyl groups is 2. The van der Waals surface area contributed by atoms with Gasteiger partial charge in [0.2, 0.25) is 0 Å². The fraction of sp³-hybridized carbons (Fsp3) is 0.625. The highest BCUT2D eigenvalue weighted by Gasteiger charge is 2.45. The molecule has 7 heteroatoms. The molecule has 1 saturated heterocycles. The zero-order valence-corrected chi connectivity index (χ0v) is 13.5. The van der Waals surface area contributed by atoms with Crippen LogP contribution in [-0.4, -0.2) is 68.9 Å². The number of hydrogen-bond acceptors (Lipinski definition) is 7. The molecule has 0 aromatic heterocycles. The maximum Gasteiger partial charge on any atom is 0.186 e. The lowest BCUT2D eigenvalue weighted by Crippen LogP contribution is -2.59. The minimum Gasteiger partial charge on any atom is -0.496 e. The summed E-state index contributed by atoms with van der Waals surface area (Å²) in [6, 6.07) is 7.41. The Kier molecular flexibility index (Phi) is 6.76. The summed E-state index contributed by atoms with van der Waals surface area (Å²) < 4.78 is 26.8. The Morgan fingerprint density at radius 2 is 1.83 bits per heavy atom. The molecule has 1 heterocycles. The van der Waals surface area contributed by atoms with Crippen molar-refractivity contribution >= 4 is 0 Å². The van der Waals surface area contributed by atoms with Crippen LogP contribution >= 0.6 is 0 Å². The van der Waals surface area contributed by atoms with Crippen molar-refractivity contribution in [3.8, 4) is 5.75 Å². The second-order valence-corrected chi connectivity index (χ2v) is 5.30. The van der Waals surface area contributed by atoms with Crippen molar-refractivity contribution in [2.24, 2.45) is 0 Å². The van der Waals surface area contributed by atoms with Crippen LogP contribution < -0.4 is 4.74 Å². The predicted octanol–water partition coefficient (Wildman–Crippen LogP) is 0.320. The Balaban J connectivity index is 2.05. The van der Waals surface area contributed by atoms with Crippen LogP contribution in [0.15, 0.2) is 24.3 Å². The number of para-hydroxylation sites is 1. The van der Waals surface area contributed by atoms with Gasteiger partial charge in [0.15, 0.2) is 6.29 Å². The average molecular weight is 328 g/mol. The highest BCUT2D eigenvalue weighted by Crippen LogP contribution is 2.26. The third kappa shape index (κ3) is 4.20. The van der Waals surface area contributed by atoms with Crippen LogP contribution in [0.4, 0.5) is 0 Å². The second-order valence-electron chi connectivity index (χ2n) is 5.30. The molecule has 0 amide bonds. The Hall–Kier alpha value is -1.22. The molecule has 5 atom stereocenters. The second kappa shape index (κ2) is 8.58. The first-order valence-electron chi connectivity index (χ1n) is 7.39. The van der Waals surface area contributed by atoms with E-state index in [4.69, 9.17) is 23.7 Å². The number of hydrogen-bond donors (Lipinski definition) is 2. The van der Waals surface area contributed by atoms with Crippen LogP contribution in [0.1, 0.15) is 5.56 Å². The zero-order valence-electron chi connectivity index (χ0n) is 13.5. The molecular weight excluding hydrogens is 304 g/mol. The molecule has 1 aliphatic rings. The molecule has 23 heavy (non-hydrogen) atoms. The van der Waals surface area contributed by atoms with Crippen molar-refractivity contribution in [1.29, 1.82) is 0 Å². The molecule has 0 bridgehead atoms. The molecule has 1 aliphatic heterocycles. The highest BCUT2D eigenvalue weighted by molar-refractivity contribution is 5.32. The third-order valence-corrected chi connectivity index (χ3v) is 3.83. The van der Waals surface area contributed by atoms with Gasteiger partial charge >= 0.3 is 0 Å². The summed E-state index contributed by atoms with van der Waals surface area (Å²) in [4.78, 5) is 0. The lowest BCUT2D eigenvalue weighted by molar-refractivity contribution is -0.306. The Morgan fingerprint density at radius 1 is 1.09 bits per heavy atom. The van der Waals surface area contributed by atoms with E-state index >= 15 is 0 Å². The number of aliphatic hydroxyl groups excluding tert-OH is 2. The van der Waals surface area contributed by atoms with Crippen molar-refractivity contribution < 1.29 is 33.9 Å². The quantitative estimate of drug-likeness (QED) is 0.745. The first-order valence-corrected chi connectivity index (χ1v) is 7.39. The van der Waals surface area contributed by atoms with Gasteiger partial charge in [0.05, 0.1) is 20.3 Å². The summed E-state index contributed by atoms with van der Waals surface area (Å²) in [6.07, 6.45) is -4.57. The molecule has 130 valence electrons. The van der Waals surface area contributed by atoms with Crippen molar-refractivity contribution in [2.45, 2.75) is 37.3 Å². The van der Waals surface area contributed by atoms with Crippen LogP contribution in [0, 0.1) is 0 Å². The molecule has 0 aliphatic carbocycles. The van der Waals surface area contributed by atoms with E-state index in [1.165, 1.54) is 14.2 Å². The number of rotatable bonds is 7. The van der Waals surface area contributed by atoms with Gasteiger partial charge in [-0.1, -0.05) is 18.2 Å². The van der Waals surface area contributed by atoms with E-state index in [0.29, 0.717) is 5.75 Å². The third-order valence-electron chi connectivity index (χ3n) is 3.83. The highest BCUT2D eigenvalue weighted by atomic mass is 16.7. The molecule has 0 radical (unpaired) electrons. The molecule has 1 aromatic rings. The summed E-state index contributed by atoms with van der Waals surface area (Å²) in [5.74, 6) is 0.686. The largest absolute Gasteiger partial charge is 0.496 e. The van der Waals surface area contributed by atoms with Gasteiger partial charge < -0.3 is 33.9 Å². The van der Waals surface area contributed by atoms with Crippen molar-refractivity contribution in [3.63, 3.8) is 0 Å². The fourth-order valence-electron chi connectivity index (χ4n) is 2.58. The summed E-state index contributed by atoms with van der Waals surface area (Å²) in [5, 5.41) is 20.5. The first kappa shape index (κ1) is 18.1. The summed E-state index contributed by atoms with van der Waals surface area (Å²) in [6.45, 7) is 0.341. The fourth-order valence-corrected chi connectivity index (χ4v) is 2.58. The molecule has 0 saturated carbocycles. The van der Waals surface area contributed by atoms with Gasteiger partial charge in [0.1, 0.15) is 30.2 Å². The van der Waals surface area contributed by atoms with Gasteiger partial charge in [-0.15, -0.1) is 0 Å². The molecule has 5 unspecified atom stereocenters. The minimum atomic E-state index is -1.15. The monoisotopic (exact) mass is 328 g/mol. The van der Waals surface area contributed by atoms with Gasteiger partial charge in [-0.25, -0.2) is 0 Å². The minimum absolute atomic E-state index is 0.150. The van der Waals surface area contributed by atoms with Gasteiger partial charge in [-0.3, -0.25) is 0 Å². The van der Waals surface area contributed by atoms with Gasteiger partial charge in [0.25, 0.3) is 0 Å². The summed E-state index contributed by atoms with van der Waals surface area (Å²) in [5.41, 5.74) is 0.825. The van der Waals surface area contributed by atoms with Crippen LogP contribution in [0.5, 0.6) is 5.75 Å². The molecule has 1 fully saturated rings. The van der Waals surface area contributed by atoms with Gasteiger partial charge in [0, 0.05) is 19.8 Å². The lowest BCUT2D eigenvalue weighted by atomic mass is 9.99. The van der Waals surface area contributed by atoms with E-state index in [9.17, 15) is 10.2 Å². The van der Waals surface area contributed by atoms with Crippen molar-refractivity contribution in [2.75, 3.05) is 27.9 Å². The molecule has 7 nitrogen and oxygen atoms in total. The average Bonchev–Trinajstić information content (AvgIpc) is 2.58. The number of benzene rings is 1. The van der Waals surface area contributed by atoms with E-state index in [2.05, 4.69) is 0 Å².